The van der Waals surface area contributed by atoms with Crippen molar-refractivity contribution in [2.45, 2.75) is 37.6 Å². The van der Waals surface area contributed by atoms with Crippen molar-refractivity contribution >= 4 is 27.7 Å². The van der Waals surface area contributed by atoms with Gasteiger partial charge in [0, 0.05) is 37.9 Å². The lowest BCUT2D eigenvalue weighted by atomic mass is 10.1. The number of rotatable bonds is 11. The van der Waals surface area contributed by atoms with Gasteiger partial charge in [0.15, 0.2) is 0 Å². The SMILES string of the molecule is O=C(NCC(NS(=O)(=O)Cc1ccccc1)C(=O)O)c1cnn(CCc2ccc3c(n2)NCCC3)c1. The number of aromatic nitrogens is 3. The van der Waals surface area contributed by atoms with Crippen molar-refractivity contribution in [1.82, 2.24) is 24.8 Å². The van der Waals surface area contributed by atoms with Gasteiger partial charge < -0.3 is 15.7 Å². The molecule has 3 heterocycles. The molecule has 1 amide bonds. The topological polar surface area (TPSA) is 155 Å². The van der Waals surface area contributed by atoms with E-state index in [-0.39, 0.29) is 11.3 Å². The molecule has 0 radical (unpaired) electrons. The molecule has 0 spiro atoms. The summed E-state index contributed by atoms with van der Waals surface area (Å²) >= 11 is 0. The average Bonchev–Trinajstić information content (AvgIpc) is 3.34. The molecular formula is C24H28N6O5S. The maximum atomic E-state index is 12.5. The first kappa shape index (κ1) is 25.3. The van der Waals surface area contributed by atoms with Gasteiger partial charge >= 0.3 is 5.97 Å². The number of carbonyl (C=O) groups excluding carboxylic acids is 1. The van der Waals surface area contributed by atoms with Gasteiger partial charge in [-0.3, -0.25) is 14.3 Å². The Morgan fingerprint density at radius 3 is 2.75 bits per heavy atom. The normalized spacial score (nSPS) is 13.9. The monoisotopic (exact) mass is 512 g/mol. The molecule has 1 aromatic carbocycles. The van der Waals surface area contributed by atoms with Gasteiger partial charge in [0.05, 0.1) is 17.5 Å². The Morgan fingerprint density at radius 2 is 1.97 bits per heavy atom. The summed E-state index contributed by atoms with van der Waals surface area (Å²) in [6.45, 7) is 1.01. The zero-order valence-corrected chi connectivity index (χ0v) is 20.4. The van der Waals surface area contributed by atoms with E-state index >= 15 is 0 Å². The number of sulfonamides is 1. The van der Waals surface area contributed by atoms with E-state index in [1.807, 2.05) is 6.07 Å². The van der Waals surface area contributed by atoms with Crippen LogP contribution in [0.1, 0.15) is 33.6 Å². The highest BCUT2D eigenvalue weighted by Gasteiger charge is 2.25. The number of aliphatic carboxylic acids is 1. The van der Waals surface area contributed by atoms with E-state index in [1.165, 1.54) is 11.8 Å². The first-order valence-corrected chi connectivity index (χ1v) is 13.2. The molecule has 2 aromatic heterocycles. The summed E-state index contributed by atoms with van der Waals surface area (Å²) < 4.78 is 28.5. The maximum absolute atomic E-state index is 12.5. The van der Waals surface area contributed by atoms with Crippen molar-refractivity contribution in [2.24, 2.45) is 0 Å². The van der Waals surface area contributed by atoms with Crippen LogP contribution in [0.5, 0.6) is 0 Å². The molecule has 12 heteroatoms. The Morgan fingerprint density at radius 1 is 1.17 bits per heavy atom. The van der Waals surface area contributed by atoms with Crippen molar-refractivity contribution in [3.8, 4) is 0 Å². The van der Waals surface area contributed by atoms with Gasteiger partial charge in [-0.05, 0) is 30.0 Å². The number of pyridine rings is 1. The molecule has 0 saturated carbocycles. The molecule has 4 rings (SSSR count). The molecule has 0 fully saturated rings. The lowest BCUT2D eigenvalue weighted by Crippen LogP contribution is -2.48. The van der Waals surface area contributed by atoms with Gasteiger partial charge in [-0.25, -0.2) is 13.4 Å². The van der Waals surface area contributed by atoms with Crippen LogP contribution in [0.15, 0.2) is 54.9 Å². The Bertz CT molecular complexity index is 1330. The summed E-state index contributed by atoms with van der Waals surface area (Å²) in [6, 6.07) is 11.0. The van der Waals surface area contributed by atoms with Crippen LogP contribution in [0.25, 0.3) is 0 Å². The second-order valence-corrected chi connectivity index (χ2v) is 10.3. The molecule has 1 unspecified atom stereocenters. The molecule has 0 aliphatic carbocycles. The summed E-state index contributed by atoms with van der Waals surface area (Å²) in [5.74, 6) is -1.39. The molecule has 190 valence electrons. The van der Waals surface area contributed by atoms with Gasteiger partial charge in [-0.1, -0.05) is 36.4 Å². The smallest absolute Gasteiger partial charge is 0.323 e. The number of carboxylic acids is 1. The zero-order chi connectivity index (χ0) is 25.5. The first-order valence-electron chi connectivity index (χ1n) is 11.6. The van der Waals surface area contributed by atoms with Crippen LogP contribution >= 0.6 is 0 Å². The van der Waals surface area contributed by atoms with Gasteiger partial charge in [0.25, 0.3) is 5.91 Å². The van der Waals surface area contributed by atoms with E-state index in [1.54, 1.807) is 41.2 Å². The number of nitrogens with one attached hydrogen (secondary N) is 3. The highest BCUT2D eigenvalue weighted by atomic mass is 32.2. The molecule has 1 atom stereocenters. The molecular weight excluding hydrogens is 484 g/mol. The van der Waals surface area contributed by atoms with Gasteiger partial charge in [0.1, 0.15) is 11.9 Å². The quantitative estimate of drug-likeness (QED) is 0.299. The number of carbonyl (C=O) groups is 2. The third-order valence-electron chi connectivity index (χ3n) is 5.73. The van der Waals surface area contributed by atoms with E-state index in [4.69, 9.17) is 0 Å². The summed E-state index contributed by atoms with van der Waals surface area (Å²) in [5, 5.41) is 19.4. The van der Waals surface area contributed by atoms with Crippen LogP contribution in [0.4, 0.5) is 5.82 Å². The number of benzene rings is 1. The Kier molecular flexibility index (Phi) is 7.96. The second kappa shape index (κ2) is 11.3. The van der Waals surface area contributed by atoms with E-state index in [0.29, 0.717) is 18.5 Å². The predicted octanol–water partition coefficient (Wildman–Crippen LogP) is 1.18. The third kappa shape index (κ3) is 6.89. The molecule has 4 N–H and O–H groups in total. The highest BCUT2D eigenvalue weighted by Crippen LogP contribution is 2.20. The fraction of sp³-hybridized carbons (Fsp3) is 0.333. The average molecular weight is 513 g/mol. The molecule has 3 aromatic rings. The number of nitrogens with zero attached hydrogens (tertiary/aromatic N) is 3. The summed E-state index contributed by atoms with van der Waals surface area (Å²) in [6.07, 6.45) is 5.68. The standard InChI is InChI=1S/C24H28N6O5S/c31-23(26-14-21(24(32)33)29-36(34,35)16-17-5-2-1-3-6-17)19-13-27-30(15-19)12-10-20-9-8-18-7-4-11-25-22(18)28-20/h1-3,5-6,8-9,13,15,21,29H,4,7,10-12,14,16H2,(H,25,28)(H,26,31)(H,32,33). The van der Waals surface area contributed by atoms with E-state index in [0.717, 1.165) is 30.9 Å². The van der Waals surface area contributed by atoms with Crippen LogP contribution in [-0.2, 0) is 40.0 Å². The molecule has 0 bridgehead atoms. The predicted molar refractivity (Wildman–Crippen MR) is 133 cm³/mol. The zero-order valence-electron chi connectivity index (χ0n) is 19.6. The van der Waals surface area contributed by atoms with E-state index in [2.05, 4.69) is 31.5 Å². The van der Waals surface area contributed by atoms with Crippen LogP contribution in [0, 0.1) is 0 Å². The minimum absolute atomic E-state index is 0.242. The van der Waals surface area contributed by atoms with Crippen LogP contribution in [0.3, 0.4) is 0 Å². The number of anilines is 1. The highest BCUT2D eigenvalue weighted by molar-refractivity contribution is 7.88. The summed E-state index contributed by atoms with van der Waals surface area (Å²) in [5.41, 5.74) is 2.89. The van der Waals surface area contributed by atoms with Gasteiger partial charge in [-0.15, -0.1) is 0 Å². The number of amides is 1. The largest absolute Gasteiger partial charge is 0.480 e. The van der Waals surface area contributed by atoms with Gasteiger partial charge in [0.2, 0.25) is 10.0 Å². The number of hydrogen-bond donors (Lipinski definition) is 4. The molecule has 1 aliphatic rings. The fourth-order valence-electron chi connectivity index (χ4n) is 3.87. The van der Waals surface area contributed by atoms with Gasteiger partial charge in [-0.2, -0.15) is 9.82 Å². The van der Waals surface area contributed by atoms with Crippen LogP contribution < -0.4 is 15.4 Å². The lowest BCUT2D eigenvalue weighted by Gasteiger charge is -2.17. The Balaban J connectivity index is 1.29. The minimum atomic E-state index is -3.94. The number of aryl methyl sites for hydroxylation is 3. The number of hydrogen-bond acceptors (Lipinski definition) is 7. The second-order valence-electron chi connectivity index (χ2n) is 8.55. The maximum Gasteiger partial charge on any atom is 0.323 e. The third-order valence-corrected chi connectivity index (χ3v) is 7.09. The van der Waals surface area contributed by atoms with Crippen molar-refractivity contribution in [3.63, 3.8) is 0 Å². The van der Waals surface area contributed by atoms with Crippen molar-refractivity contribution in [1.29, 1.82) is 0 Å². The first-order chi connectivity index (χ1) is 17.3. The number of carboxylic acid groups (broad SMARTS) is 1. The molecule has 11 nitrogen and oxygen atoms in total. The van der Waals surface area contributed by atoms with Crippen molar-refractivity contribution in [3.05, 3.63) is 77.2 Å². The molecule has 1 aliphatic heterocycles. The van der Waals surface area contributed by atoms with E-state index in [9.17, 15) is 23.1 Å². The van der Waals surface area contributed by atoms with E-state index < -0.39 is 34.5 Å². The Hall–Kier alpha value is -3.77. The summed E-state index contributed by atoms with van der Waals surface area (Å²) in [4.78, 5) is 28.8. The van der Waals surface area contributed by atoms with Crippen LogP contribution in [-0.4, -0.2) is 59.3 Å². The molecule has 36 heavy (non-hydrogen) atoms. The summed E-state index contributed by atoms with van der Waals surface area (Å²) in [7, 11) is -3.94. The molecule has 0 saturated heterocycles. The fourth-order valence-corrected chi connectivity index (χ4v) is 5.20. The Labute approximate surface area is 209 Å². The minimum Gasteiger partial charge on any atom is -0.480 e. The van der Waals surface area contributed by atoms with Crippen molar-refractivity contribution < 1.29 is 23.1 Å². The lowest BCUT2D eigenvalue weighted by molar-refractivity contribution is -0.138. The van der Waals surface area contributed by atoms with Crippen LogP contribution in [0.2, 0.25) is 0 Å². The van der Waals surface area contributed by atoms with Crippen molar-refractivity contribution in [2.75, 3.05) is 18.4 Å². The number of fused-ring (bicyclic) bond motifs is 1.